The molecule has 1 fully saturated rings. The van der Waals surface area contributed by atoms with E-state index in [2.05, 4.69) is 64.6 Å². The van der Waals surface area contributed by atoms with Gasteiger partial charge in [0.25, 0.3) is 5.97 Å². The molecule has 0 aliphatic heterocycles. The van der Waals surface area contributed by atoms with E-state index in [1.54, 1.807) is 0 Å². The standard InChI is InChI=1S/C41H85IN4O3/c1-4-7-29-45-32-17-9-8-16-25-39-38-40(39)41(47-35-21-13-10-18-30-43-27-5-2,48-36-22-14-11-19-31-44-28-6-3)49-37-23-15-12-20-33-46-34-24-26-42/h39-40,43-46H,4-38H2,1-3H3. The highest BCUT2D eigenvalue weighted by molar-refractivity contribution is 14.1. The van der Waals surface area contributed by atoms with Gasteiger partial charge in [-0.2, -0.15) is 0 Å². The normalized spacial score (nSPS) is 16.2. The van der Waals surface area contributed by atoms with E-state index < -0.39 is 5.97 Å². The molecule has 7 nitrogen and oxygen atoms in total. The Kier molecular flexibility index (Phi) is 35.6. The highest BCUT2D eigenvalue weighted by Crippen LogP contribution is 2.52. The maximum atomic E-state index is 6.79. The minimum atomic E-state index is -0.847. The molecule has 0 radical (unpaired) electrons. The van der Waals surface area contributed by atoms with Crippen LogP contribution < -0.4 is 21.3 Å². The molecule has 0 bridgehead atoms. The first-order valence-corrected chi connectivity index (χ1v) is 23.1. The van der Waals surface area contributed by atoms with E-state index in [0.29, 0.717) is 11.8 Å². The van der Waals surface area contributed by atoms with E-state index in [0.717, 1.165) is 78.4 Å². The summed E-state index contributed by atoms with van der Waals surface area (Å²) in [6.07, 6.45) is 28.4. The van der Waals surface area contributed by atoms with Crippen molar-refractivity contribution in [3.05, 3.63) is 0 Å². The average Bonchev–Trinajstić information content (AvgIpc) is 3.90. The van der Waals surface area contributed by atoms with Crippen LogP contribution in [0.1, 0.15) is 168 Å². The minimum absolute atomic E-state index is 0.377. The third-order valence-electron chi connectivity index (χ3n) is 9.76. The summed E-state index contributed by atoms with van der Waals surface area (Å²) in [5.41, 5.74) is 0. The van der Waals surface area contributed by atoms with Crippen molar-refractivity contribution in [2.24, 2.45) is 11.8 Å². The highest BCUT2D eigenvalue weighted by atomic mass is 127. The quantitative estimate of drug-likeness (QED) is 0.0212. The van der Waals surface area contributed by atoms with Crippen molar-refractivity contribution in [3.8, 4) is 0 Å². The van der Waals surface area contributed by atoms with Gasteiger partial charge in [-0.15, -0.1) is 0 Å². The average molecular weight is 809 g/mol. The zero-order chi connectivity index (χ0) is 35.4. The Morgan fingerprint density at radius 1 is 0.449 bits per heavy atom. The Balaban J connectivity index is 2.64. The van der Waals surface area contributed by atoms with Gasteiger partial charge >= 0.3 is 0 Å². The number of alkyl halides is 1. The Morgan fingerprint density at radius 3 is 1.27 bits per heavy atom. The summed E-state index contributed by atoms with van der Waals surface area (Å²) in [4.78, 5) is 0. The van der Waals surface area contributed by atoms with Crippen LogP contribution in [-0.2, 0) is 14.2 Å². The molecule has 294 valence electrons. The molecule has 2 unspecified atom stereocenters. The molecule has 4 N–H and O–H groups in total. The van der Waals surface area contributed by atoms with Crippen LogP contribution in [0.25, 0.3) is 0 Å². The molecule has 1 saturated carbocycles. The summed E-state index contributed by atoms with van der Waals surface area (Å²) in [5.74, 6) is 0.201. The second-order valence-electron chi connectivity index (χ2n) is 14.6. The molecule has 0 aromatic carbocycles. The smallest absolute Gasteiger partial charge is 0.286 e. The van der Waals surface area contributed by atoms with Gasteiger partial charge in [-0.25, -0.2) is 0 Å². The molecule has 0 heterocycles. The van der Waals surface area contributed by atoms with Crippen LogP contribution in [0.2, 0.25) is 0 Å². The van der Waals surface area contributed by atoms with E-state index in [9.17, 15) is 0 Å². The van der Waals surface area contributed by atoms with Gasteiger partial charge in [0.2, 0.25) is 0 Å². The fourth-order valence-corrected chi connectivity index (χ4v) is 6.94. The summed E-state index contributed by atoms with van der Waals surface area (Å²) in [6.45, 7) is 18.1. The first kappa shape index (κ1) is 47.5. The molecule has 49 heavy (non-hydrogen) atoms. The number of unbranched alkanes of at least 4 members (excludes halogenated alkanes) is 13. The SMILES string of the molecule is CCCCNCCCCCCC1CC1C(OCCCCCCNCCC)(OCCCCCCNCCC)OCCCCCCNCCCI. The van der Waals surface area contributed by atoms with Crippen LogP contribution in [0.4, 0.5) is 0 Å². The number of hydrogen-bond acceptors (Lipinski definition) is 7. The van der Waals surface area contributed by atoms with Gasteiger partial charge in [0, 0.05) is 10.3 Å². The van der Waals surface area contributed by atoms with Crippen LogP contribution in [0.5, 0.6) is 0 Å². The number of rotatable bonds is 42. The topological polar surface area (TPSA) is 75.8 Å². The Bertz CT molecular complexity index is 640. The van der Waals surface area contributed by atoms with Gasteiger partial charge in [0.15, 0.2) is 0 Å². The van der Waals surface area contributed by atoms with Crippen LogP contribution >= 0.6 is 22.6 Å². The van der Waals surface area contributed by atoms with Crippen molar-refractivity contribution >= 4 is 22.6 Å². The molecule has 1 aliphatic rings. The lowest BCUT2D eigenvalue weighted by Gasteiger charge is -2.34. The van der Waals surface area contributed by atoms with Gasteiger partial charge in [-0.3, -0.25) is 0 Å². The summed E-state index contributed by atoms with van der Waals surface area (Å²) in [7, 11) is 0. The van der Waals surface area contributed by atoms with Gasteiger partial charge in [-0.05, 0) is 142 Å². The first-order chi connectivity index (χ1) is 24.2. The number of halogens is 1. The molecule has 0 amide bonds. The van der Waals surface area contributed by atoms with Crippen LogP contribution in [0.3, 0.4) is 0 Å². The molecule has 2 atom stereocenters. The van der Waals surface area contributed by atoms with E-state index in [4.69, 9.17) is 14.2 Å². The predicted molar refractivity (Wildman–Crippen MR) is 221 cm³/mol. The number of ether oxygens (including phenoxy) is 3. The van der Waals surface area contributed by atoms with Crippen molar-refractivity contribution in [1.82, 2.24) is 21.3 Å². The summed E-state index contributed by atoms with van der Waals surface area (Å²) in [5, 5.41) is 14.3. The van der Waals surface area contributed by atoms with Gasteiger partial charge in [0.1, 0.15) is 0 Å². The lowest BCUT2D eigenvalue weighted by molar-refractivity contribution is -0.394. The Labute approximate surface area is 319 Å². The third kappa shape index (κ3) is 28.6. The molecule has 8 heteroatoms. The van der Waals surface area contributed by atoms with Crippen molar-refractivity contribution in [2.45, 2.75) is 174 Å². The maximum absolute atomic E-state index is 6.79. The molecular weight excluding hydrogens is 723 g/mol. The van der Waals surface area contributed by atoms with E-state index >= 15 is 0 Å². The third-order valence-corrected chi connectivity index (χ3v) is 10.5. The molecule has 0 spiro atoms. The van der Waals surface area contributed by atoms with Crippen molar-refractivity contribution in [1.29, 1.82) is 0 Å². The van der Waals surface area contributed by atoms with E-state index in [-0.39, 0.29) is 0 Å². The fraction of sp³-hybridized carbons (Fsp3) is 1.00. The second-order valence-corrected chi connectivity index (χ2v) is 15.7. The molecule has 1 aliphatic carbocycles. The molecule has 0 aromatic heterocycles. The van der Waals surface area contributed by atoms with Crippen LogP contribution in [0.15, 0.2) is 0 Å². The maximum Gasteiger partial charge on any atom is 0.286 e. The number of hydrogen-bond donors (Lipinski definition) is 4. The van der Waals surface area contributed by atoms with Gasteiger partial charge in [0.05, 0.1) is 19.8 Å². The molecule has 0 saturated heterocycles. The summed E-state index contributed by atoms with van der Waals surface area (Å²) < 4.78 is 21.6. The van der Waals surface area contributed by atoms with Crippen molar-refractivity contribution < 1.29 is 14.2 Å². The first-order valence-electron chi connectivity index (χ1n) is 21.5. The lowest BCUT2D eigenvalue weighted by Crippen LogP contribution is -2.43. The molecule has 1 rings (SSSR count). The van der Waals surface area contributed by atoms with Crippen LogP contribution in [-0.4, -0.2) is 82.6 Å². The second kappa shape index (κ2) is 36.8. The van der Waals surface area contributed by atoms with Crippen LogP contribution in [0, 0.1) is 11.8 Å². The fourth-order valence-electron chi connectivity index (χ4n) is 6.56. The Hall–Kier alpha value is 0.450. The van der Waals surface area contributed by atoms with Crippen molar-refractivity contribution in [3.63, 3.8) is 0 Å². The largest absolute Gasteiger partial charge is 0.327 e. The van der Waals surface area contributed by atoms with Gasteiger partial charge in [-0.1, -0.05) is 108 Å². The zero-order valence-corrected chi connectivity index (χ0v) is 35.2. The lowest BCUT2D eigenvalue weighted by atomic mass is 10.1. The molecule has 0 aromatic rings. The van der Waals surface area contributed by atoms with E-state index in [1.165, 1.54) is 146 Å². The Morgan fingerprint density at radius 2 is 0.837 bits per heavy atom. The minimum Gasteiger partial charge on any atom is -0.327 e. The van der Waals surface area contributed by atoms with Crippen molar-refractivity contribution in [2.75, 3.05) is 76.6 Å². The predicted octanol–water partition coefficient (Wildman–Crippen LogP) is 9.76. The zero-order valence-electron chi connectivity index (χ0n) is 33.0. The number of nitrogens with one attached hydrogen (secondary N) is 4. The monoisotopic (exact) mass is 809 g/mol. The highest BCUT2D eigenvalue weighted by Gasteiger charge is 2.56. The summed E-state index contributed by atoms with van der Waals surface area (Å²) in [6, 6.07) is 0. The van der Waals surface area contributed by atoms with E-state index in [1.807, 2.05) is 0 Å². The molecular formula is C41H85IN4O3. The summed E-state index contributed by atoms with van der Waals surface area (Å²) >= 11 is 2.46. The van der Waals surface area contributed by atoms with Gasteiger partial charge < -0.3 is 35.5 Å².